The number of rotatable bonds is 9. The largest absolute Gasteiger partial charge is 0.359 e. The molecular weight excluding hydrogens is 302 g/mol. The molecule has 2 saturated carbocycles. The zero-order valence-corrected chi connectivity index (χ0v) is 15.2. The van der Waals surface area contributed by atoms with Crippen LogP contribution in [0.1, 0.15) is 56.9 Å². The van der Waals surface area contributed by atoms with Crippen LogP contribution in [-0.4, -0.2) is 48.7 Å². The van der Waals surface area contributed by atoms with Crippen molar-refractivity contribution in [3.8, 4) is 0 Å². The van der Waals surface area contributed by atoms with Crippen LogP contribution in [0.15, 0.2) is 15.6 Å². The molecule has 0 amide bonds. The van der Waals surface area contributed by atoms with Gasteiger partial charge in [0, 0.05) is 38.8 Å². The lowest BCUT2D eigenvalue weighted by molar-refractivity contribution is 0.256. The highest BCUT2D eigenvalue weighted by Gasteiger charge is 2.33. The molecule has 6 nitrogen and oxygen atoms in total. The smallest absolute Gasteiger partial charge is 0.191 e. The van der Waals surface area contributed by atoms with Gasteiger partial charge in [0.2, 0.25) is 0 Å². The van der Waals surface area contributed by atoms with Crippen molar-refractivity contribution >= 4 is 5.96 Å². The van der Waals surface area contributed by atoms with Crippen LogP contribution in [0.4, 0.5) is 0 Å². The van der Waals surface area contributed by atoms with Gasteiger partial charge in [-0.2, -0.15) is 0 Å². The Balaban J connectivity index is 1.37. The minimum absolute atomic E-state index is 0.389. The maximum absolute atomic E-state index is 5.35. The Morgan fingerprint density at radius 1 is 1.33 bits per heavy atom. The second kappa shape index (κ2) is 8.01. The average molecular weight is 333 g/mol. The maximum Gasteiger partial charge on any atom is 0.191 e. The lowest BCUT2D eigenvalue weighted by atomic mass is 10.1. The molecule has 1 heterocycles. The van der Waals surface area contributed by atoms with Crippen molar-refractivity contribution in [3.63, 3.8) is 0 Å². The highest BCUT2D eigenvalue weighted by molar-refractivity contribution is 5.79. The third kappa shape index (κ3) is 5.23. The first-order valence-corrected chi connectivity index (χ1v) is 9.29. The molecule has 0 atom stereocenters. The van der Waals surface area contributed by atoms with Crippen molar-refractivity contribution < 1.29 is 4.52 Å². The fraction of sp³-hybridized carbons (Fsp3) is 0.778. The van der Waals surface area contributed by atoms with E-state index in [1.54, 1.807) is 7.05 Å². The number of nitrogens with one attached hydrogen (secondary N) is 2. The third-order valence-corrected chi connectivity index (χ3v) is 4.77. The SMILES string of the molecule is CN=C(NCCN(CC1CC1)C1CC1)NCc1cc(C(C)C)no1. The summed E-state index contributed by atoms with van der Waals surface area (Å²) in [5.74, 6) is 3.01. The number of nitrogens with zero attached hydrogens (tertiary/aromatic N) is 3. The van der Waals surface area contributed by atoms with Gasteiger partial charge in [-0.15, -0.1) is 0 Å². The molecule has 2 N–H and O–H groups in total. The van der Waals surface area contributed by atoms with Crippen LogP contribution >= 0.6 is 0 Å². The van der Waals surface area contributed by atoms with Crippen LogP contribution in [0.5, 0.6) is 0 Å². The second-order valence-corrected chi connectivity index (χ2v) is 7.39. The van der Waals surface area contributed by atoms with Crippen LogP contribution in [-0.2, 0) is 6.54 Å². The van der Waals surface area contributed by atoms with E-state index in [0.29, 0.717) is 12.5 Å². The Labute approximate surface area is 145 Å². The Bertz CT molecular complexity index is 545. The molecule has 1 aromatic rings. The molecule has 3 rings (SSSR count). The summed E-state index contributed by atoms with van der Waals surface area (Å²) in [4.78, 5) is 6.95. The Hall–Kier alpha value is -1.56. The number of aliphatic imine (C=N–C) groups is 1. The summed E-state index contributed by atoms with van der Waals surface area (Å²) < 4.78 is 5.35. The first-order valence-electron chi connectivity index (χ1n) is 9.29. The van der Waals surface area contributed by atoms with E-state index in [1.807, 2.05) is 6.07 Å². The zero-order valence-electron chi connectivity index (χ0n) is 15.2. The van der Waals surface area contributed by atoms with Gasteiger partial charge in [0.1, 0.15) is 0 Å². The molecular formula is C18H31N5O. The topological polar surface area (TPSA) is 65.7 Å². The van der Waals surface area contributed by atoms with Gasteiger partial charge >= 0.3 is 0 Å². The summed E-state index contributed by atoms with van der Waals surface area (Å²) in [7, 11) is 1.80. The van der Waals surface area contributed by atoms with E-state index < -0.39 is 0 Å². The summed E-state index contributed by atoms with van der Waals surface area (Å²) in [6.45, 7) is 8.14. The van der Waals surface area contributed by atoms with Crippen molar-refractivity contribution in [1.29, 1.82) is 0 Å². The minimum atomic E-state index is 0.389. The number of aromatic nitrogens is 1. The summed E-state index contributed by atoms with van der Waals surface area (Å²) in [5.41, 5.74) is 0.995. The van der Waals surface area contributed by atoms with Gasteiger partial charge < -0.3 is 15.2 Å². The highest BCUT2D eigenvalue weighted by atomic mass is 16.5. The monoisotopic (exact) mass is 333 g/mol. The predicted octanol–water partition coefficient (Wildman–Crippen LogP) is 2.34. The molecule has 0 unspecified atom stereocenters. The molecule has 0 aromatic carbocycles. The number of guanidine groups is 1. The Kier molecular flexibility index (Phi) is 5.76. The molecule has 1 aromatic heterocycles. The molecule has 0 radical (unpaired) electrons. The van der Waals surface area contributed by atoms with Crippen molar-refractivity contribution in [3.05, 3.63) is 17.5 Å². The van der Waals surface area contributed by atoms with Gasteiger partial charge in [-0.05, 0) is 37.5 Å². The van der Waals surface area contributed by atoms with E-state index in [2.05, 4.69) is 39.5 Å². The fourth-order valence-corrected chi connectivity index (χ4v) is 2.89. The van der Waals surface area contributed by atoms with Crippen LogP contribution < -0.4 is 10.6 Å². The van der Waals surface area contributed by atoms with E-state index in [1.165, 1.54) is 32.2 Å². The van der Waals surface area contributed by atoms with Crippen LogP contribution in [0.25, 0.3) is 0 Å². The molecule has 134 valence electrons. The molecule has 0 spiro atoms. The minimum Gasteiger partial charge on any atom is -0.359 e. The quantitative estimate of drug-likeness (QED) is 0.536. The molecule has 0 aliphatic heterocycles. The molecule has 0 bridgehead atoms. The lowest BCUT2D eigenvalue weighted by Crippen LogP contribution is -2.42. The van der Waals surface area contributed by atoms with Crippen molar-refractivity contribution in [2.75, 3.05) is 26.7 Å². The van der Waals surface area contributed by atoms with E-state index in [9.17, 15) is 0 Å². The van der Waals surface area contributed by atoms with Crippen molar-refractivity contribution in [2.45, 2.75) is 58.0 Å². The summed E-state index contributed by atoms with van der Waals surface area (Å²) in [6.07, 6.45) is 5.61. The number of hydrogen-bond acceptors (Lipinski definition) is 4. The fourth-order valence-electron chi connectivity index (χ4n) is 2.89. The van der Waals surface area contributed by atoms with Gasteiger partial charge in [0.05, 0.1) is 12.2 Å². The van der Waals surface area contributed by atoms with Gasteiger partial charge in [0.15, 0.2) is 11.7 Å². The first kappa shape index (κ1) is 17.3. The summed E-state index contributed by atoms with van der Waals surface area (Å²) >= 11 is 0. The lowest BCUT2D eigenvalue weighted by Gasteiger charge is -2.22. The standard InChI is InChI=1S/C18H31N5O/c1-13(2)17-10-16(24-22-17)11-21-18(19-3)20-8-9-23(15-6-7-15)12-14-4-5-14/h10,13-15H,4-9,11-12H2,1-3H3,(H2,19,20,21). The van der Waals surface area contributed by atoms with Crippen molar-refractivity contribution in [2.24, 2.45) is 10.9 Å². The van der Waals surface area contributed by atoms with E-state index >= 15 is 0 Å². The van der Waals surface area contributed by atoms with Crippen molar-refractivity contribution in [1.82, 2.24) is 20.7 Å². The van der Waals surface area contributed by atoms with Gasteiger partial charge in [-0.1, -0.05) is 19.0 Å². The third-order valence-electron chi connectivity index (χ3n) is 4.77. The maximum atomic E-state index is 5.35. The molecule has 2 fully saturated rings. The Morgan fingerprint density at radius 3 is 2.71 bits per heavy atom. The summed E-state index contributed by atoms with van der Waals surface area (Å²) in [5, 5.41) is 10.8. The molecule has 2 aliphatic rings. The van der Waals surface area contributed by atoms with E-state index in [-0.39, 0.29) is 0 Å². The predicted molar refractivity (Wildman–Crippen MR) is 96.1 cm³/mol. The van der Waals surface area contributed by atoms with Crippen LogP contribution in [0, 0.1) is 5.92 Å². The normalized spacial score (nSPS) is 18.5. The molecule has 2 aliphatic carbocycles. The van der Waals surface area contributed by atoms with Crippen LogP contribution in [0.3, 0.4) is 0 Å². The second-order valence-electron chi connectivity index (χ2n) is 7.39. The van der Waals surface area contributed by atoms with E-state index in [4.69, 9.17) is 4.52 Å². The molecule has 24 heavy (non-hydrogen) atoms. The van der Waals surface area contributed by atoms with Gasteiger partial charge in [0.25, 0.3) is 0 Å². The zero-order chi connectivity index (χ0) is 16.9. The molecule has 6 heteroatoms. The number of hydrogen-bond donors (Lipinski definition) is 2. The van der Waals surface area contributed by atoms with Crippen LogP contribution in [0.2, 0.25) is 0 Å². The van der Waals surface area contributed by atoms with Gasteiger partial charge in [-0.3, -0.25) is 9.89 Å². The highest BCUT2D eigenvalue weighted by Crippen LogP contribution is 2.34. The van der Waals surface area contributed by atoms with E-state index in [0.717, 1.165) is 42.5 Å². The molecule has 0 saturated heterocycles. The summed E-state index contributed by atoms with van der Waals surface area (Å²) in [6, 6.07) is 2.85. The first-order chi connectivity index (χ1) is 11.7. The van der Waals surface area contributed by atoms with Gasteiger partial charge in [-0.25, -0.2) is 0 Å². The average Bonchev–Trinajstić information content (AvgIpc) is 3.48. The Morgan fingerprint density at radius 2 is 2.12 bits per heavy atom.